The molecule has 5 rings (SSSR count). The van der Waals surface area contributed by atoms with Crippen molar-refractivity contribution in [1.29, 1.82) is 0 Å². The zero-order chi connectivity index (χ0) is 61.7. The van der Waals surface area contributed by atoms with Crippen LogP contribution in [0.5, 0.6) is 11.5 Å². The Morgan fingerprint density at radius 2 is 1.55 bits per heavy atom. The number of anilines is 1. The van der Waals surface area contributed by atoms with E-state index in [2.05, 4.69) is 41.3 Å². The first-order valence-electron chi connectivity index (χ1n) is 29.4. The van der Waals surface area contributed by atoms with E-state index in [0.29, 0.717) is 73.5 Å². The molecule has 0 saturated carbocycles. The van der Waals surface area contributed by atoms with Crippen LogP contribution in [-0.4, -0.2) is 159 Å². The summed E-state index contributed by atoms with van der Waals surface area (Å²) in [5.74, 6) is -3.37. The minimum Gasteiger partial charge on any atom is -0.493 e. The van der Waals surface area contributed by atoms with Crippen LogP contribution in [0, 0.1) is 17.3 Å². The molecule has 5 amide bonds. The predicted molar refractivity (Wildman–Crippen MR) is 323 cm³/mol. The second-order valence-electron chi connectivity index (χ2n) is 23.4. The van der Waals surface area contributed by atoms with E-state index in [1.807, 2.05) is 63.4 Å². The third-order valence-electron chi connectivity index (χ3n) is 15.8. The number of fused-ring (bicyclic) bond motifs is 3. The smallest absolute Gasteiger partial charge is 0.330 e. The van der Waals surface area contributed by atoms with Crippen molar-refractivity contribution < 1.29 is 57.3 Å². The minimum absolute atomic E-state index is 0.0332. The molecule has 0 radical (unpaired) electrons. The Morgan fingerprint density at radius 3 is 2.24 bits per heavy atom. The molecule has 6 atom stereocenters. The van der Waals surface area contributed by atoms with E-state index in [1.165, 1.54) is 41.7 Å². The summed E-state index contributed by atoms with van der Waals surface area (Å²) in [7, 11) is 8.30. The van der Waals surface area contributed by atoms with Gasteiger partial charge >= 0.3 is 11.9 Å². The summed E-state index contributed by atoms with van der Waals surface area (Å²) in [6.45, 7) is 15.9. The first-order valence-corrected chi connectivity index (χ1v) is 29.4. The Balaban J connectivity index is 1.46. The number of amides is 5. The summed E-state index contributed by atoms with van der Waals surface area (Å²) in [6.07, 6.45) is 5.54. The zero-order valence-corrected chi connectivity index (χ0v) is 51.3. The van der Waals surface area contributed by atoms with Crippen molar-refractivity contribution in [2.45, 2.75) is 142 Å². The number of cyclic esters (lactones) is 2. The number of nitrogens with zero attached hydrogens (tertiary/aromatic N) is 4. The molecule has 19 heteroatoms. The zero-order valence-electron chi connectivity index (χ0n) is 51.3. The monoisotopic (exact) mass is 1160 g/mol. The van der Waals surface area contributed by atoms with Crippen LogP contribution in [0.25, 0.3) is 0 Å². The predicted octanol–water partition coefficient (Wildman–Crippen LogP) is 7.63. The molecular formula is C65H91N7O12. The fourth-order valence-corrected chi connectivity index (χ4v) is 10.6. The number of benzene rings is 3. The lowest BCUT2D eigenvalue weighted by atomic mass is 9.87. The van der Waals surface area contributed by atoms with Gasteiger partial charge in [-0.15, -0.1) is 0 Å². The van der Waals surface area contributed by atoms with Crippen molar-refractivity contribution in [2.24, 2.45) is 17.3 Å². The number of hydrogen-bond donors (Lipinski definition) is 3. The molecule has 84 heavy (non-hydrogen) atoms. The van der Waals surface area contributed by atoms with Crippen molar-refractivity contribution in [3.8, 4) is 11.5 Å². The van der Waals surface area contributed by atoms with E-state index < -0.39 is 65.8 Å². The molecular weight excluding hydrogens is 1070 g/mol. The molecule has 2 bridgehead atoms. The normalized spacial score (nSPS) is 22.7. The van der Waals surface area contributed by atoms with Gasteiger partial charge in [0, 0.05) is 70.1 Å². The van der Waals surface area contributed by atoms with Gasteiger partial charge in [0.05, 0.1) is 32.2 Å². The molecule has 3 N–H and O–H groups in total. The van der Waals surface area contributed by atoms with E-state index >= 15 is 0 Å². The number of aryl methyl sites for hydroxylation is 1. The molecule has 458 valence electrons. The highest BCUT2D eigenvalue weighted by molar-refractivity contribution is 6.38. The molecule has 2 aliphatic rings. The van der Waals surface area contributed by atoms with Gasteiger partial charge in [0.25, 0.3) is 5.91 Å². The van der Waals surface area contributed by atoms with Crippen LogP contribution >= 0.6 is 0 Å². The standard InChI is InChI=1S/C65H91N7O12/c1-13-44(4)60-45(5)66-40-58(75)69(8)34-19-18-27-59(76)83-42-65(6,7)61(77)63(79)72-35-20-17-26-51(72)64(80)84-53(30-28-47-29-31-54(81-11)55(38-47)82-12)48-24-21-25-49(39-48)67-56(73)32-33-57(74)71(10)52(36-43(2)3)62(78)68-50(41-70(60)9)37-46-22-15-14-16-23-46/h14-16,18,21-25,27,29,31,38-39,43-44,50-53,60,66H,5,13,17,19-20,26,28,30,32-37,40-42H2,1-4,6-12H3,(H,67,73)(H,68,78)/t44-,50+,51-,52-,53+,60-/m0/s1. The number of ketones is 1. The largest absolute Gasteiger partial charge is 0.493 e. The van der Waals surface area contributed by atoms with E-state index in [9.17, 15) is 38.4 Å². The van der Waals surface area contributed by atoms with Crippen LogP contribution in [0.2, 0.25) is 0 Å². The van der Waals surface area contributed by atoms with E-state index in [4.69, 9.17) is 18.9 Å². The molecule has 2 heterocycles. The Bertz CT molecular complexity index is 2780. The van der Waals surface area contributed by atoms with Gasteiger partial charge in [-0.3, -0.25) is 33.7 Å². The maximum atomic E-state index is 14.6. The van der Waals surface area contributed by atoms with Crippen LogP contribution in [0.15, 0.2) is 97.2 Å². The molecule has 0 aliphatic carbocycles. The van der Waals surface area contributed by atoms with Gasteiger partial charge in [0.1, 0.15) is 24.8 Å². The number of carbonyl (C=O) groups excluding carboxylic acids is 8. The van der Waals surface area contributed by atoms with E-state index in [-0.39, 0.29) is 80.9 Å². The maximum absolute atomic E-state index is 14.6. The lowest BCUT2D eigenvalue weighted by molar-refractivity contribution is -0.165. The van der Waals surface area contributed by atoms with Crippen molar-refractivity contribution >= 4 is 52.9 Å². The molecule has 0 spiro atoms. The molecule has 3 aromatic carbocycles. The number of likely N-dealkylation sites (N-methyl/N-ethyl adjacent to an activating group) is 3. The Kier molecular flexibility index (Phi) is 26.0. The van der Waals surface area contributed by atoms with Crippen molar-refractivity contribution in [1.82, 2.24) is 30.2 Å². The highest BCUT2D eigenvalue weighted by atomic mass is 16.5. The Morgan fingerprint density at radius 1 is 0.821 bits per heavy atom. The summed E-state index contributed by atoms with van der Waals surface area (Å²) < 4.78 is 22.8. The van der Waals surface area contributed by atoms with Crippen LogP contribution in [0.3, 0.4) is 0 Å². The molecule has 2 aliphatic heterocycles. The van der Waals surface area contributed by atoms with Crippen molar-refractivity contribution in [3.63, 3.8) is 0 Å². The lowest BCUT2D eigenvalue weighted by Gasteiger charge is -2.37. The third kappa shape index (κ3) is 19.8. The van der Waals surface area contributed by atoms with Crippen LogP contribution in [0.1, 0.15) is 122 Å². The molecule has 3 aromatic rings. The minimum atomic E-state index is -1.46. The summed E-state index contributed by atoms with van der Waals surface area (Å²) in [5, 5.41) is 9.48. The summed E-state index contributed by atoms with van der Waals surface area (Å²) in [4.78, 5) is 118. The Hall–Kier alpha value is -7.54. The summed E-state index contributed by atoms with van der Waals surface area (Å²) in [5.41, 5.74) is 1.97. The molecule has 19 nitrogen and oxygen atoms in total. The maximum Gasteiger partial charge on any atom is 0.330 e. The molecule has 1 fully saturated rings. The van der Waals surface area contributed by atoms with Gasteiger partial charge in [-0.25, -0.2) is 9.59 Å². The highest BCUT2D eigenvalue weighted by Gasteiger charge is 2.43. The number of esters is 2. The molecule has 0 unspecified atom stereocenters. The van der Waals surface area contributed by atoms with E-state index in [0.717, 1.165) is 17.5 Å². The van der Waals surface area contributed by atoms with Crippen LogP contribution < -0.4 is 25.4 Å². The van der Waals surface area contributed by atoms with E-state index in [1.54, 1.807) is 57.6 Å². The topological polar surface area (TPSA) is 223 Å². The van der Waals surface area contributed by atoms with Gasteiger partial charge in [-0.05, 0) is 125 Å². The van der Waals surface area contributed by atoms with Crippen LogP contribution in [-0.2, 0) is 60.7 Å². The quantitative estimate of drug-likeness (QED) is 0.124. The number of rotatable bonds is 11. The SMILES string of the molecule is C=C1NCC(=O)N(C)CCC=CC(=O)OCC(C)(C)C(=O)C(=O)N2CCCC[C@H]2C(=O)O[C@H](CCc2ccc(OC)c(OC)c2)c2cccc(c2)NC(=O)CCC(=O)N(C)[C@@H](CC(C)C)C(=O)N[C@H](Cc2ccccc2)CN(C)[C@H]1[C@@H](C)CC. The third-order valence-corrected chi connectivity index (χ3v) is 15.8. The number of ether oxygens (including phenoxy) is 4. The molecule has 0 aromatic heterocycles. The average Bonchev–Trinajstić information content (AvgIpc) is 3.68. The number of hydrogen-bond acceptors (Lipinski definition) is 14. The number of Topliss-reactive ketones (excluding diaryl/α,β-unsaturated/α-hetero) is 1. The average molecular weight is 1160 g/mol. The second-order valence-corrected chi connectivity index (χ2v) is 23.4. The lowest BCUT2D eigenvalue weighted by Crippen LogP contribution is -2.55. The fraction of sp³-hybridized carbons (Fsp3) is 0.538. The fourth-order valence-electron chi connectivity index (χ4n) is 10.6. The van der Waals surface area contributed by atoms with Gasteiger partial charge in [0.15, 0.2) is 11.5 Å². The van der Waals surface area contributed by atoms with Gasteiger partial charge in [-0.1, -0.05) is 95.3 Å². The number of methoxy groups -OCH3 is 2. The van der Waals surface area contributed by atoms with Crippen molar-refractivity contribution in [2.75, 3.05) is 73.5 Å². The Labute approximate surface area is 497 Å². The number of carbonyl (C=O) groups is 8. The number of nitrogens with one attached hydrogen (secondary N) is 3. The van der Waals surface area contributed by atoms with Gasteiger partial charge < -0.3 is 49.6 Å². The first kappa shape index (κ1) is 67.3. The summed E-state index contributed by atoms with van der Waals surface area (Å²) >= 11 is 0. The number of piperidine rings is 1. The summed E-state index contributed by atoms with van der Waals surface area (Å²) in [6, 6.07) is 19.6. The first-order chi connectivity index (χ1) is 40.0. The second kappa shape index (κ2) is 32.5. The van der Waals surface area contributed by atoms with Gasteiger partial charge in [0.2, 0.25) is 29.4 Å². The molecule has 1 saturated heterocycles. The van der Waals surface area contributed by atoms with Crippen molar-refractivity contribution in [3.05, 3.63) is 114 Å². The van der Waals surface area contributed by atoms with Gasteiger partial charge in [-0.2, -0.15) is 0 Å². The highest BCUT2D eigenvalue weighted by Crippen LogP contribution is 2.33. The van der Waals surface area contributed by atoms with Crippen LogP contribution in [0.4, 0.5) is 5.69 Å².